The third kappa shape index (κ3) is 6.42. The molecule has 2 atom stereocenters. The number of fused-ring (bicyclic) bond motifs is 1. The lowest BCUT2D eigenvalue weighted by Gasteiger charge is -2.34. The van der Waals surface area contributed by atoms with Gasteiger partial charge >= 0.3 is 0 Å². The van der Waals surface area contributed by atoms with Gasteiger partial charge in [0.2, 0.25) is 0 Å². The summed E-state index contributed by atoms with van der Waals surface area (Å²) in [6, 6.07) is 11.2. The molecule has 2 aliphatic heterocycles. The van der Waals surface area contributed by atoms with E-state index in [1.54, 1.807) is 0 Å². The second-order valence-electron chi connectivity index (χ2n) is 6.63. The van der Waals surface area contributed by atoms with Gasteiger partial charge in [-0.15, -0.1) is 24.0 Å². The Labute approximate surface area is 168 Å². The molecular weight excluding hydrogens is 427 g/mol. The Bertz CT molecular complexity index is 525. The van der Waals surface area contributed by atoms with E-state index in [1.165, 1.54) is 24.9 Å². The lowest BCUT2D eigenvalue weighted by atomic mass is 10.1. The van der Waals surface area contributed by atoms with Crippen LogP contribution in [0.5, 0.6) is 0 Å². The van der Waals surface area contributed by atoms with Gasteiger partial charge in [-0.3, -0.25) is 9.89 Å². The first-order valence-electron chi connectivity index (χ1n) is 9.27. The van der Waals surface area contributed by atoms with Crippen molar-refractivity contribution in [2.45, 2.75) is 38.3 Å². The zero-order chi connectivity index (χ0) is 16.6. The molecule has 140 valence electrons. The number of nitrogens with zero attached hydrogens (tertiary/aromatic N) is 2. The van der Waals surface area contributed by atoms with Crippen molar-refractivity contribution in [2.75, 3.05) is 39.3 Å². The number of rotatable bonds is 6. The molecule has 0 aromatic heterocycles. The van der Waals surface area contributed by atoms with Crippen molar-refractivity contribution in [3.8, 4) is 0 Å². The molecular formula is C19H31IN4O. The van der Waals surface area contributed by atoms with Crippen LogP contribution < -0.4 is 10.6 Å². The molecule has 1 aromatic carbocycles. The molecule has 2 saturated heterocycles. The molecule has 2 heterocycles. The summed E-state index contributed by atoms with van der Waals surface area (Å²) in [6.07, 6.45) is 3.83. The molecule has 0 amide bonds. The fraction of sp³-hybridized carbons (Fsp3) is 0.632. The maximum absolute atomic E-state index is 5.99. The van der Waals surface area contributed by atoms with E-state index in [4.69, 9.17) is 9.73 Å². The second kappa shape index (κ2) is 11.0. The van der Waals surface area contributed by atoms with Gasteiger partial charge in [-0.1, -0.05) is 30.3 Å². The largest absolute Gasteiger partial charge is 0.373 e. The van der Waals surface area contributed by atoms with Crippen molar-refractivity contribution < 1.29 is 4.74 Å². The normalized spacial score (nSPS) is 23.6. The molecule has 0 radical (unpaired) electrons. The van der Waals surface area contributed by atoms with Crippen LogP contribution in [0.2, 0.25) is 0 Å². The topological polar surface area (TPSA) is 48.9 Å². The minimum Gasteiger partial charge on any atom is -0.373 e. The van der Waals surface area contributed by atoms with Crippen LogP contribution in [0.15, 0.2) is 35.3 Å². The Kier molecular flexibility index (Phi) is 8.98. The molecule has 2 fully saturated rings. The summed E-state index contributed by atoms with van der Waals surface area (Å²) in [5.41, 5.74) is 1.34. The van der Waals surface area contributed by atoms with Gasteiger partial charge in [0.05, 0.1) is 19.3 Å². The zero-order valence-electron chi connectivity index (χ0n) is 15.1. The number of morpholine rings is 1. The first-order chi connectivity index (χ1) is 11.8. The summed E-state index contributed by atoms with van der Waals surface area (Å²) < 4.78 is 5.99. The Morgan fingerprint density at radius 1 is 1.28 bits per heavy atom. The van der Waals surface area contributed by atoms with Crippen molar-refractivity contribution in [3.63, 3.8) is 0 Å². The Balaban J connectivity index is 0.00000225. The number of benzene rings is 1. The predicted octanol–water partition coefficient (Wildman–Crippen LogP) is 2.27. The Hall–Kier alpha value is -0.860. The van der Waals surface area contributed by atoms with E-state index in [9.17, 15) is 0 Å². The standard InChI is InChI=1S/C19H30N4O.HI/c1-2-20-19(21-11-10-16-7-4-3-5-8-16)22-13-18-14-23-12-6-9-17(23)15-24-18;/h3-5,7-8,17-18H,2,6,9-15H2,1H3,(H2,20,21,22);1H. The van der Waals surface area contributed by atoms with Crippen molar-refractivity contribution in [2.24, 2.45) is 4.99 Å². The van der Waals surface area contributed by atoms with Gasteiger partial charge in [0.1, 0.15) is 0 Å². The molecule has 5 nitrogen and oxygen atoms in total. The number of ether oxygens (including phenoxy) is 1. The predicted molar refractivity (Wildman–Crippen MR) is 114 cm³/mol. The number of halogens is 1. The Morgan fingerprint density at radius 2 is 2.12 bits per heavy atom. The average Bonchev–Trinajstić information content (AvgIpc) is 3.08. The number of hydrogen-bond donors (Lipinski definition) is 2. The zero-order valence-corrected chi connectivity index (χ0v) is 17.4. The quantitative estimate of drug-likeness (QED) is 0.390. The van der Waals surface area contributed by atoms with Gasteiger partial charge < -0.3 is 15.4 Å². The number of guanidine groups is 1. The summed E-state index contributed by atoms with van der Waals surface area (Å²) in [5, 5.41) is 6.75. The van der Waals surface area contributed by atoms with Gasteiger partial charge in [-0.2, -0.15) is 0 Å². The summed E-state index contributed by atoms with van der Waals surface area (Å²) in [7, 11) is 0. The lowest BCUT2D eigenvalue weighted by molar-refractivity contribution is -0.0432. The fourth-order valence-electron chi connectivity index (χ4n) is 3.50. The number of aliphatic imine (C=N–C) groups is 1. The van der Waals surface area contributed by atoms with Crippen molar-refractivity contribution in [1.82, 2.24) is 15.5 Å². The van der Waals surface area contributed by atoms with E-state index in [-0.39, 0.29) is 30.1 Å². The van der Waals surface area contributed by atoms with E-state index in [2.05, 4.69) is 52.8 Å². The molecule has 0 saturated carbocycles. The minimum absolute atomic E-state index is 0. The average molecular weight is 458 g/mol. The van der Waals surface area contributed by atoms with Gasteiger partial charge in [-0.05, 0) is 38.3 Å². The van der Waals surface area contributed by atoms with Crippen molar-refractivity contribution in [1.29, 1.82) is 0 Å². The van der Waals surface area contributed by atoms with Crippen LogP contribution in [-0.4, -0.2) is 62.3 Å². The highest BCUT2D eigenvalue weighted by Gasteiger charge is 2.31. The minimum atomic E-state index is 0. The van der Waals surface area contributed by atoms with Crippen LogP contribution in [0.1, 0.15) is 25.3 Å². The first kappa shape index (κ1) is 20.5. The maximum Gasteiger partial charge on any atom is 0.191 e. The smallest absolute Gasteiger partial charge is 0.191 e. The van der Waals surface area contributed by atoms with Crippen LogP contribution in [0, 0.1) is 0 Å². The van der Waals surface area contributed by atoms with Gasteiger partial charge in [0, 0.05) is 25.7 Å². The SMILES string of the molecule is CCNC(=NCC1CN2CCCC2CO1)NCCc1ccccc1.I. The highest BCUT2D eigenvalue weighted by Crippen LogP contribution is 2.22. The van der Waals surface area contributed by atoms with E-state index < -0.39 is 0 Å². The lowest BCUT2D eigenvalue weighted by Crippen LogP contribution is -2.47. The summed E-state index contributed by atoms with van der Waals surface area (Å²) in [4.78, 5) is 7.29. The monoisotopic (exact) mass is 458 g/mol. The summed E-state index contributed by atoms with van der Waals surface area (Å²) in [5.74, 6) is 0.889. The molecule has 3 rings (SSSR count). The Morgan fingerprint density at radius 3 is 2.92 bits per heavy atom. The molecule has 25 heavy (non-hydrogen) atoms. The third-order valence-corrected chi connectivity index (χ3v) is 4.81. The van der Waals surface area contributed by atoms with Crippen molar-refractivity contribution >= 4 is 29.9 Å². The second-order valence-corrected chi connectivity index (χ2v) is 6.63. The molecule has 0 spiro atoms. The van der Waals surface area contributed by atoms with Gasteiger partial charge in [-0.25, -0.2) is 0 Å². The summed E-state index contributed by atoms with van der Waals surface area (Å²) in [6.45, 7) is 7.70. The summed E-state index contributed by atoms with van der Waals surface area (Å²) >= 11 is 0. The number of hydrogen-bond acceptors (Lipinski definition) is 3. The number of nitrogens with one attached hydrogen (secondary N) is 2. The molecule has 1 aromatic rings. The fourth-order valence-corrected chi connectivity index (χ4v) is 3.50. The van der Waals surface area contributed by atoms with E-state index in [0.29, 0.717) is 6.04 Å². The molecule has 0 aliphatic carbocycles. The van der Waals surface area contributed by atoms with Crippen LogP contribution in [0.25, 0.3) is 0 Å². The highest BCUT2D eigenvalue weighted by atomic mass is 127. The van der Waals surface area contributed by atoms with Gasteiger partial charge in [0.15, 0.2) is 5.96 Å². The molecule has 0 bridgehead atoms. The van der Waals surface area contributed by atoms with Gasteiger partial charge in [0.25, 0.3) is 0 Å². The van der Waals surface area contributed by atoms with Crippen LogP contribution in [0.4, 0.5) is 0 Å². The van der Waals surface area contributed by atoms with E-state index >= 15 is 0 Å². The van der Waals surface area contributed by atoms with Crippen molar-refractivity contribution in [3.05, 3.63) is 35.9 Å². The van der Waals surface area contributed by atoms with Crippen LogP contribution in [0.3, 0.4) is 0 Å². The molecule has 6 heteroatoms. The first-order valence-corrected chi connectivity index (χ1v) is 9.27. The maximum atomic E-state index is 5.99. The molecule has 2 unspecified atom stereocenters. The van der Waals surface area contributed by atoms with E-state index in [1.807, 2.05) is 0 Å². The third-order valence-electron chi connectivity index (χ3n) is 4.81. The highest BCUT2D eigenvalue weighted by molar-refractivity contribution is 14.0. The molecule has 2 aliphatic rings. The van der Waals surface area contributed by atoms with Crippen LogP contribution in [-0.2, 0) is 11.2 Å². The van der Waals surface area contributed by atoms with Crippen LogP contribution >= 0.6 is 24.0 Å². The molecule has 2 N–H and O–H groups in total. The van der Waals surface area contributed by atoms with E-state index in [0.717, 1.165) is 45.2 Å².